The smallest absolute Gasteiger partial charge is 0.255 e. The van der Waals surface area contributed by atoms with E-state index in [9.17, 15) is 29.7 Å². The number of fused-ring (bicyclic) bond motifs is 3. The number of benzene rings is 1. The van der Waals surface area contributed by atoms with Crippen LogP contribution in [-0.4, -0.2) is 44.4 Å². The van der Waals surface area contributed by atoms with Crippen LogP contribution < -0.4 is 11.5 Å². The van der Waals surface area contributed by atoms with Crippen molar-refractivity contribution in [3.05, 3.63) is 58.1 Å². The third-order valence-electron chi connectivity index (χ3n) is 6.30. The van der Waals surface area contributed by atoms with E-state index in [1.54, 1.807) is 25.1 Å². The standard InChI is InChI=1S/C20H20N2O6/c1-19-6-8-4-2-3-5-9(8)14(23)12(19)17(26)20(28)10(7-19)13(21)15(24)11(16(20)25)18(22)27/h2-5,10,13,24,26,28H,6-7,21H2,1H3,(H2,22,27)/t10-,13-,19-,20+/m0/s1. The van der Waals surface area contributed by atoms with E-state index in [0.29, 0.717) is 12.0 Å². The highest BCUT2D eigenvalue weighted by atomic mass is 16.3. The monoisotopic (exact) mass is 384 g/mol. The van der Waals surface area contributed by atoms with Crippen molar-refractivity contribution in [3.8, 4) is 0 Å². The third-order valence-corrected chi connectivity index (χ3v) is 6.30. The molecule has 0 bridgehead atoms. The van der Waals surface area contributed by atoms with Gasteiger partial charge in [0.05, 0.1) is 6.04 Å². The highest BCUT2D eigenvalue weighted by Gasteiger charge is 2.64. The number of rotatable bonds is 1. The maximum absolute atomic E-state index is 13.1. The molecule has 28 heavy (non-hydrogen) atoms. The summed E-state index contributed by atoms with van der Waals surface area (Å²) in [5.74, 6) is -5.67. The van der Waals surface area contributed by atoms with Crippen LogP contribution in [0.25, 0.3) is 0 Å². The summed E-state index contributed by atoms with van der Waals surface area (Å²) in [4.78, 5) is 37.7. The largest absolute Gasteiger partial charge is 0.510 e. The van der Waals surface area contributed by atoms with Crippen LogP contribution in [0.1, 0.15) is 29.3 Å². The second kappa shape index (κ2) is 5.52. The van der Waals surface area contributed by atoms with Gasteiger partial charge in [0.1, 0.15) is 17.1 Å². The Morgan fingerprint density at radius 1 is 1.21 bits per heavy atom. The van der Waals surface area contributed by atoms with E-state index in [4.69, 9.17) is 11.5 Å². The van der Waals surface area contributed by atoms with Gasteiger partial charge >= 0.3 is 0 Å². The number of ketones is 2. The number of hydrogen-bond acceptors (Lipinski definition) is 7. The zero-order chi connectivity index (χ0) is 20.6. The Morgan fingerprint density at radius 3 is 2.50 bits per heavy atom. The number of nitrogens with two attached hydrogens (primary N) is 2. The number of primary amides is 1. The lowest BCUT2D eigenvalue weighted by Gasteiger charge is -2.51. The van der Waals surface area contributed by atoms with Gasteiger partial charge in [-0.3, -0.25) is 14.4 Å². The molecule has 0 saturated heterocycles. The van der Waals surface area contributed by atoms with Crippen molar-refractivity contribution in [1.29, 1.82) is 0 Å². The fourth-order valence-electron chi connectivity index (χ4n) is 4.95. The minimum absolute atomic E-state index is 0.0476. The summed E-state index contributed by atoms with van der Waals surface area (Å²) in [6, 6.07) is 5.60. The number of aliphatic hydroxyl groups is 3. The Kier molecular flexibility index (Phi) is 3.63. The van der Waals surface area contributed by atoms with Gasteiger partial charge in [-0.15, -0.1) is 0 Å². The molecule has 0 saturated carbocycles. The summed E-state index contributed by atoms with van der Waals surface area (Å²) in [6.45, 7) is 1.74. The molecule has 8 heteroatoms. The van der Waals surface area contributed by atoms with Crippen LogP contribution in [0.2, 0.25) is 0 Å². The lowest BCUT2D eigenvalue weighted by atomic mass is 9.53. The molecule has 0 fully saturated rings. The first-order valence-corrected chi connectivity index (χ1v) is 8.86. The molecule has 0 aromatic heterocycles. The molecular weight excluding hydrogens is 364 g/mol. The van der Waals surface area contributed by atoms with Gasteiger partial charge in [0.15, 0.2) is 11.4 Å². The zero-order valence-corrected chi connectivity index (χ0v) is 15.1. The fourth-order valence-corrected chi connectivity index (χ4v) is 4.95. The van der Waals surface area contributed by atoms with E-state index >= 15 is 0 Å². The number of amides is 1. The van der Waals surface area contributed by atoms with Gasteiger partial charge in [-0.1, -0.05) is 31.2 Å². The van der Waals surface area contributed by atoms with Crippen LogP contribution in [0, 0.1) is 11.3 Å². The molecular formula is C20H20N2O6. The summed E-state index contributed by atoms with van der Waals surface area (Å²) in [5.41, 5.74) is 7.93. The highest BCUT2D eigenvalue weighted by Crippen LogP contribution is 2.55. The molecule has 4 rings (SSSR count). The van der Waals surface area contributed by atoms with Crippen molar-refractivity contribution in [2.24, 2.45) is 22.8 Å². The van der Waals surface area contributed by atoms with Crippen LogP contribution >= 0.6 is 0 Å². The molecule has 4 atom stereocenters. The summed E-state index contributed by atoms with van der Waals surface area (Å²) >= 11 is 0. The lowest BCUT2D eigenvalue weighted by molar-refractivity contribution is -0.146. The van der Waals surface area contributed by atoms with E-state index in [2.05, 4.69) is 0 Å². The number of Topliss-reactive ketones (excluding diaryl/α,β-unsaturated/α-hetero) is 2. The molecule has 3 aliphatic rings. The topological polar surface area (TPSA) is 164 Å². The van der Waals surface area contributed by atoms with Crippen molar-refractivity contribution in [3.63, 3.8) is 0 Å². The molecule has 0 aliphatic heterocycles. The molecule has 1 aromatic carbocycles. The van der Waals surface area contributed by atoms with Crippen molar-refractivity contribution in [1.82, 2.24) is 0 Å². The molecule has 7 N–H and O–H groups in total. The summed E-state index contributed by atoms with van der Waals surface area (Å²) in [6.07, 6.45) is 0.431. The Hall–Kier alpha value is -2.97. The first-order valence-electron chi connectivity index (χ1n) is 8.86. The highest BCUT2D eigenvalue weighted by molar-refractivity contribution is 6.24. The Bertz CT molecular complexity index is 1030. The molecule has 146 valence electrons. The number of hydrogen-bond donors (Lipinski definition) is 5. The molecule has 8 nitrogen and oxygen atoms in total. The zero-order valence-electron chi connectivity index (χ0n) is 15.1. The maximum Gasteiger partial charge on any atom is 0.255 e. The fraction of sp³-hybridized carbons (Fsp3) is 0.350. The first kappa shape index (κ1) is 18.4. The number of aliphatic hydroxyl groups excluding tert-OH is 2. The maximum atomic E-state index is 13.1. The average molecular weight is 384 g/mol. The second-order valence-electron chi connectivity index (χ2n) is 8.00. The second-order valence-corrected chi connectivity index (χ2v) is 8.00. The molecule has 1 aromatic rings. The van der Waals surface area contributed by atoms with Crippen LogP contribution in [-0.2, 0) is 16.0 Å². The van der Waals surface area contributed by atoms with E-state index in [1.165, 1.54) is 0 Å². The van der Waals surface area contributed by atoms with Crippen molar-refractivity contribution in [2.45, 2.75) is 31.4 Å². The lowest BCUT2D eigenvalue weighted by Crippen LogP contribution is -2.64. The minimum atomic E-state index is -2.60. The number of carbonyl (C=O) groups excluding carboxylic acids is 3. The molecule has 0 spiro atoms. The summed E-state index contributed by atoms with van der Waals surface area (Å²) < 4.78 is 0. The quantitative estimate of drug-likeness (QED) is 0.432. The van der Waals surface area contributed by atoms with Crippen LogP contribution in [0.5, 0.6) is 0 Å². The Labute approximate surface area is 160 Å². The first-order chi connectivity index (χ1) is 13.0. The van der Waals surface area contributed by atoms with Gasteiger partial charge in [0.2, 0.25) is 5.78 Å². The number of allylic oxidation sites excluding steroid dienone is 1. The average Bonchev–Trinajstić information content (AvgIpc) is 2.62. The van der Waals surface area contributed by atoms with Gasteiger partial charge < -0.3 is 26.8 Å². The Morgan fingerprint density at radius 2 is 1.86 bits per heavy atom. The normalized spacial score (nSPS) is 34.7. The summed E-state index contributed by atoms with van der Waals surface area (Å²) in [5, 5.41) is 32.4. The van der Waals surface area contributed by atoms with Gasteiger partial charge in [0.25, 0.3) is 5.91 Å². The van der Waals surface area contributed by atoms with Crippen molar-refractivity contribution < 1.29 is 29.7 Å². The van der Waals surface area contributed by atoms with Gasteiger partial charge in [-0.05, 0) is 18.4 Å². The van der Waals surface area contributed by atoms with Gasteiger partial charge in [0, 0.05) is 22.5 Å². The molecule has 0 heterocycles. The van der Waals surface area contributed by atoms with E-state index in [1.807, 2.05) is 6.07 Å². The van der Waals surface area contributed by atoms with E-state index in [-0.39, 0.29) is 12.0 Å². The van der Waals surface area contributed by atoms with Crippen molar-refractivity contribution in [2.75, 3.05) is 0 Å². The van der Waals surface area contributed by atoms with E-state index < -0.39 is 57.5 Å². The number of carbonyl (C=O) groups is 3. The van der Waals surface area contributed by atoms with Crippen LogP contribution in [0.4, 0.5) is 0 Å². The minimum Gasteiger partial charge on any atom is -0.510 e. The van der Waals surface area contributed by atoms with Gasteiger partial charge in [-0.2, -0.15) is 0 Å². The van der Waals surface area contributed by atoms with E-state index in [0.717, 1.165) is 5.56 Å². The predicted molar refractivity (Wildman–Crippen MR) is 97.1 cm³/mol. The third kappa shape index (κ3) is 2.04. The van der Waals surface area contributed by atoms with Crippen LogP contribution in [0.15, 0.2) is 46.9 Å². The molecule has 0 unspecified atom stereocenters. The molecule has 1 amide bonds. The van der Waals surface area contributed by atoms with Gasteiger partial charge in [-0.25, -0.2) is 0 Å². The molecule has 3 aliphatic carbocycles. The Balaban J connectivity index is 1.99. The summed E-state index contributed by atoms with van der Waals surface area (Å²) in [7, 11) is 0. The molecule has 0 radical (unpaired) electrons. The van der Waals surface area contributed by atoms with Crippen LogP contribution in [0.3, 0.4) is 0 Å². The predicted octanol–water partition coefficient (Wildman–Crippen LogP) is 0.202. The SMILES string of the molecule is C[C@@]12Cc3ccccc3C(=O)C1=C(O)[C@]1(O)C(=O)C(C(N)=O)=C(O)[C@@H](N)[C@@H]1C2. The van der Waals surface area contributed by atoms with Crippen molar-refractivity contribution >= 4 is 17.5 Å².